The zero-order valence-corrected chi connectivity index (χ0v) is 9.35. The van der Waals surface area contributed by atoms with Crippen molar-refractivity contribution in [1.82, 2.24) is 10.2 Å². The van der Waals surface area contributed by atoms with Gasteiger partial charge in [0.05, 0.1) is 0 Å². The van der Waals surface area contributed by atoms with E-state index in [9.17, 15) is 0 Å². The summed E-state index contributed by atoms with van der Waals surface area (Å²) in [5.74, 6) is 0. The maximum Gasteiger partial charge on any atom is 0.0354 e. The van der Waals surface area contributed by atoms with Crippen LogP contribution in [0, 0.1) is 5.41 Å². The number of nitrogens with zero attached hydrogens (tertiary/aromatic N) is 1. The van der Waals surface area contributed by atoms with Crippen molar-refractivity contribution in [3.05, 3.63) is 0 Å². The number of nitrogens with one attached hydrogen (secondary N) is 1. The third-order valence-electron chi connectivity index (χ3n) is 3.88. The predicted octanol–water partition coefficient (Wildman–Crippen LogP) is 1.47. The molecular weight excluding hydrogens is 160 g/mol. The molecule has 1 aliphatic heterocycles. The van der Waals surface area contributed by atoms with Gasteiger partial charge in [-0.1, -0.05) is 13.8 Å². The Morgan fingerprint density at radius 2 is 1.92 bits per heavy atom. The number of hydrogen-bond acceptors (Lipinski definition) is 2. The van der Waals surface area contributed by atoms with E-state index in [0.717, 1.165) is 6.04 Å². The summed E-state index contributed by atoms with van der Waals surface area (Å²) in [5.41, 5.74) is 1.09. The Hall–Kier alpha value is -0.0800. The van der Waals surface area contributed by atoms with Gasteiger partial charge in [-0.05, 0) is 38.8 Å². The topological polar surface area (TPSA) is 15.0 Å². The minimum absolute atomic E-state index is 0.524. The minimum Gasteiger partial charge on any atom is -0.317 e. The van der Waals surface area contributed by atoms with Crippen molar-refractivity contribution in [2.45, 2.75) is 44.7 Å². The van der Waals surface area contributed by atoms with Crippen LogP contribution >= 0.6 is 0 Å². The van der Waals surface area contributed by atoms with Crippen LogP contribution in [-0.2, 0) is 0 Å². The average molecular weight is 182 g/mol. The Bertz CT molecular complexity index is 212. The minimum atomic E-state index is 0.524. The highest BCUT2D eigenvalue weighted by Crippen LogP contribution is 2.50. The van der Waals surface area contributed by atoms with Gasteiger partial charge in [0.25, 0.3) is 0 Å². The number of likely N-dealkylation sites (N-methyl/N-ethyl adjacent to an activating group) is 1. The summed E-state index contributed by atoms with van der Waals surface area (Å²) in [6, 6.07) is 0.730. The molecule has 1 saturated carbocycles. The summed E-state index contributed by atoms with van der Waals surface area (Å²) in [5, 5.41) is 3.45. The molecule has 3 unspecified atom stereocenters. The van der Waals surface area contributed by atoms with Crippen molar-refractivity contribution < 1.29 is 0 Å². The van der Waals surface area contributed by atoms with Gasteiger partial charge in [-0.25, -0.2) is 0 Å². The highest BCUT2D eigenvalue weighted by molar-refractivity contribution is 5.12. The van der Waals surface area contributed by atoms with Crippen LogP contribution in [0.3, 0.4) is 0 Å². The third kappa shape index (κ3) is 1.62. The second-order valence-corrected chi connectivity index (χ2v) is 5.82. The van der Waals surface area contributed by atoms with Crippen molar-refractivity contribution in [2.75, 3.05) is 20.6 Å². The zero-order valence-electron chi connectivity index (χ0n) is 9.35. The molecule has 2 heteroatoms. The van der Waals surface area contributed by atoms with Crippen LogP contribution in [0.2, 0.25) is 0 Å². The lowest BCUT2D eigenvalue weighted by Gasteiger charge is -2.40. The van der Waals surface area contributed by atoms with Crippen LogP contribution in [0.15, 0.2) is 0 Å². The summed E-state index contributed by atoms with van der Waals surface area (Å²) in [7, 11) is 4.36. The van der Waals surface area contributed by atoms with Gasteiger partial charge in [0.2, 0.25) is 0 Å². The molecule has 2 fully saturated rings. The first kappa shape index (κ1) is 9.47. The summed E-state index contributed by atoms with van der Waals surface area (Å²) in [6.45, 7) is 6.13. The monoisotopic (exact) mass is 182 g/mol. The normalized spacial score (nSPS) is 48.0. The molecule has 3 atom stereocenters. The van der Waals surface area contributed by atoms with E-state index in [0.29, 0.717) is 11.0 Å². The molecule has 1 aliphatic carbocycles. The van der Waals surface area contributed by atoms with Crippen molar-refractivity contribution in [3.8, 4) is 0 Å². The molecule has 2 rings (SSSR count). The molecule has 1 N–H and O–H groups in total. The van der Waals surface area contributed by atoms with Gasteiger partial charge < -0.3 is 5.32 Å². The average Bonchev–Trinajstić information content (AvgIpc) is 2.56. The zero-order chi connectivity index (χ0) is 9.69. The van der Waals surface area contributed by atoms with Crippen LogP contribution in [0.5, 0.6) is 0 Å². The van der Waals surface area contributed by atoms with Crippen LogP contribution in [0.4, 0.5) is 0 Å². The Kier molecular flexibility index (Phi) is 1.97. The fourth-order valence-corrected chi connectivity index (χ4v) is 3.25. The van der Waals surface area contributed by atoms with E-state index in [1.165, 1.54) is 25.8 Å². The van der Waals surface area contributed by atoms with Crippen LogP contribution in [0.25, 0.3) is 0 Å². The van der Waals surface area contributed by atoms with Crippen molar-refractivity contribution in [1.29, 1.82) is 0 Å². The smallest absolute Gasteiger partial charge is 0.0354 e. The highest BCUT2D eigenvalue weighted by atomic mass is 15.3. The van der Waals surface area contributed by atoms with Gasteiger partial charge in [0.15, 0.2) is 0 Å². The second-order valence-electron chi connectivity index (χ2n) is 5.82. The maximum atomic E-state index is 3.45. The molecule has 2 nitrogen and oxygen atoms in total. The molecule has 0 aromatic rings. The van der Waals surface area contributed by atoms with E-state index in [1.807, 2.05) is 0 Å². The Morgan fingerprint density at radius 1 is 1.31 bits per heavy atom. The molecule has 0 aromatic heterocycles. The van der Waals surface area contributed by atoms with Crippen LogP contribution in [0.1, 0.15) is 33.1 Å². The quantitative estimate of drug-likeness (QED) is 0.618. The van der Waals surface area contributed by atoms with E-state index >= 15 is 0 Å². The third-order valence-corrected chi connectivity index (χ3v) is 3.88. The molecule has 0 bridgehead atoms. The van der Waals surface area contributed by atoms with Gasteiger partial charge in [0, 0.05) is 18.1 Å². The first-order valence-electron chi connectivity index (χ1n) is 5.36. The Balaban J connectivity index is 2.09. The standard InChI is InChI=1S/C11H22N2/c1-10(2)5-9(12-3)6-11(7-10)8-13(11)4/h9,12H,5-8H2,1-4H3. The number of rotatable bonds is 1. The molecule has 1 heterocycles. The summed E-state index contributed by atoms with van der Waals surface area (Å²) >= 11 is 0. The van der Waals surface area contributed by atoms with E-state index in [2.05, 4.69) is 38.2 Å². The van der Waals surface area contributed by atoms with Crippen molar-refractivity contribution >= 4 is 0 Å². The molecule has 2 aliphatic rings. The molecule has 76 valence electrons. The second kappa shape index (κ2) is 2.71. The summed E-state index contributed by atoms with van der Waals surface area (Å²) in [4.78, 5) is 2.51. The van der Waals surface area contributed by atoms with Crippen molar-refractivity contribution in [2.24, 2.45) is 5.41 Å². The van der Waals surface area contributed by atoms with Crippen LogP contribution in [-0.4, -0.2) is 37.1 Å². The Morgan fingerprint density at radius 3 is 2.38 bits per heavy atom. The summed E-state index contributed by atoms with van der Waals surface area (Å²) in [6.07, 6.45) is 4.07. The first-order chi connectivity index (χ1) is 5.97. The number of hydrogen-bond donors (Lipinski definition) is 1. The molecule has 13 heavy (non-hydrogen) atoms. The van der Waals surface area contributed by atoms with E-state index in [1.54, 1.807) is 0 Å². The molecular formula is C11H22N2. The lowest BCUT2D eigenvalue weighted by molar-refractivity contribution is 0.146. The van der Waals surface area contributed by atoms with Crippen LogP contribution < -0.4 is 5.32 Å². The van der Waals surface area contributed by atoms with E-state index < -0.39 is 0 Å². The van der Waals surface area contributed by atoms with E-state index in [4.69, 9.17) is 0 Å². The van der Waals surface area contributed by atoms with Gasteiger partial charge in [-0.2, -0.15) is 0 Å². The van der Waals surface area contributed by atoms with Crippen molar-refractivity contribution in [3.63, 3.8) is 0 Å². The summed E-state index contributed by atoms with van der Waals surface area (Å²) < 4.78 is 0. The first-order valence-corrected chi connectivity index (χ1v) is 5.36. The maximum absolute atomic E-state index is 3.45. The lowest BCUT2D eigenvalue weighted by Crippen LogP contribution is -2.44. The molecule has 1 saturated heterocycles. The molecule has 0 amide bonds. The largest absolute Gasteiger partial charge is 0.317 e. The molecule has 0 radical (unpaired) electrons. The SMILES string of the molecule is CNC1CC(C)(C)CC2(C1)CN2C. The van der Waals surface area contributed by atoms with E-state index in [-0.39, 0.29) is 0 Å². The predicted molar refractivity (Wildman–Crippen MR) is 55.8 cm³/mol. The van der Waals surface area contributed by atoms with Gasteiger partial charge in [-0.15, -0.1) is 0 Å². The Labute approximate surface area is 81.7 Å². The highest BCUT2D eigenvalue weighted by Gasteiger charge is 2.55. The van der Waals surface area contributed by atoms with Gasteiger partial charge in [0.1, 0.15) is 0 Å². The fraction of sp³-hybridized carbons (Fsp3) is 1.00. The van der Waals surface area contributed by atoms with Gasteiger partial charge >= 0.3 is 0 Å². The fourth-order valence-electron chi connectivity index (χ4n) is 3.25. The van der Waals surface area contributed by atoms with Gasteiger partial charge in [-0.3, -0.25) is 4.90 Å². The molecule has 0 aromatic carbocycles. The molecule has 1 spiro atoms. The lowest BCUT2D eigenvalue weighted by atomic mass is 9.69.